The van der Waals surface area contributed by atoms with Crippen LogP contribution in [0.3, 0.4) is 0 Å². The SMILES string of the molecule is CCNC(=O)N1Cc2sc3c(N4CCOCC4)nc(-c4cnc(N)nc4)nc3c2C1. The standard InChI is InChI=1S/C19H22N8O2S/c1-2-21-19(28)27-9-12-13(10-27)30-15-14(12)24-16(11-7-22-18(20)23-8-11)25-17(15)26-3-5-29-6-4-26/h7-8H,2-6,9-10H2,1H3,(H,21,28)(H2,20,22,23). The van der Waals surface area contributed by atoms with E-state index in [1.54, 1.807) is 23.7 Å². The first kappa shape index (κ1) is 18.9. The number of thiophene rings is 1. The molecule has 2 aliphatic heterocycles. The first-order chi connectivity index (χ1) is 14.6. The fourth-order valence-electron chi connectivity index (χ4n) is 3.74. The molecule has 1 fully saturated rings. The summed E-state index contributed by atoms with van der Waals surface area (Å²) in [7, 11) is 0. The third-order valence-electron chi connectivity index (χ3n) is 5.23. The van der Waals surface area contributed by atoms with Gasteiger partial charge in [-0.2, -0.15) is 0 Å². The van der Waals surface area contributed by atoms with Gasteiger partial charge < -0.3 is 25.6 Å². The maximum atomic E-state index is 12.3. The first-order valence-corrected chi connectivity index (χ1v) is 10.7. The van der Waals surface area contributed by atoms with E-state index >= 15 is 0 Å². The molecule has 3 aromatic heterocycles. The number of amides is 2. The molecule has 0 radical (unpaired) electrons. The number of rotatable bonds is 3. The summed E-state index contributed by atoms with van der Waals surface area (Å²) < 4.78 is 6.57. The molecule has 11 heteroatoms. The van der Waals surface area contributed by atoms with Crippen molar-refractivity contribution in [1.29, 1.82) is 0 Å². The lowest BCUT2D eigenvalue weighted by atomic mass is 10.2. The summed E-state index contributed by atoms with van der Waals surface area (Å²) in [5.41, 5.74) is 8.34. The van der Waals surface area contributed by atoms with Crippen molar-refractivity contribution in [1.82, 2.24) is 30.2 Å². The monoisotopic (exact) mass is 426 g/mol. The first-order valence-electron chi connectivity index (χ1n) is 9.89. The average molecular weight is 427 g/mol. The Labute approximate surface area is 177 Å². The van der Waals surface area contributed by atoms with Gasteiger partial charge in [0.15, 0.2) is 11.6 Å². The summed E-state index contributed by atoms with van der Waals surface area (Å²) >= 11 is 1.67. The molecular formula is C19H22N8O2S. The third-order valence-corrected chi connectivity index (χ3v) is 6.44. The molecule has 0 bridgehead atoms. The Kier molecular flexibility index (Phi) is 4.83. The van der Waals surface area contributed by atoms with Crippen LogP contribution in [0.2, 0.25) is 0 Å². The number of nitrogens with zero attached hydrogens (tertiary/aromatic N) is 6. The predicted molar refractivity (Wildman–Crippen MR) is 114 cm³/mol. The van der Waals surface area contributed by atoms with E-state index in [-0.39, 0.29) is 12.0 Å². The largest absolute Gasteiger partial charge is 0.378 e. The molecule has 0 aliphatic carbocycles. The molecule has 10 nitrogen and oxygen atoms in total. The van der Waals surface area contributed by atoms with Gasteiger partial charge in [-0.25, -0.2) is 24.7 Å². The van der Waals surface area contributed by atoms with Crippen LogP contribution in [0.25, 0.3) is 21.6 Å². The van der Waals surface area contributed by atoms with Crippen LogP contribution in [0.5, 0.6) is 0 Å². The van der Waals surface area contributed by atoms with Crippen molar-refractivity contribution in [2.24, 2.45) is 0 Å². The Bertz CT molecular complexity index is 1090. The number of hydrogen-bond donors (Lipinski definition) is 2. The second-order valence-electron chi connectivity index (χ2n) is 7.17. The fourth-order valence-corrected chi connectivity index (χ4v) is 5.03. The van der Waals surface area contributed by atoms with Crippen LogP contribution in [0, 0.1) is 0 Å². The highest BCUT2D eigenvalue weighted by atomic mass is 32.1. The summed E-state index contributed by atoms with van der Waals surface area (Å²) in [6.07, 6.45) is 3.28. The zero-order valence-electron chi connectivity index (χ0n) is 16.6. The van der Waals surface area contributed by atoms with E-state index in [0.29, 0.717) is 44.2 Å². The van der Waals surface area contributed by atoms with Gasteiger partial charge >= 0.3 is 6.03 Å². The lowest BCUT2D eigenvalue weighted by molar-refractivity contribution is 0.122. The Balaban J connectivity index is 1.61. The highest BCUT2D eigenvalue weighted by Crippen LogP contribution is 2.41. The molecule has 0 unspecified atom stereocenters. The summed E-state index contributed by atoms with van der Waals surface area (Å²) in [5, 5.41) is 2.87. The lowest BCUT2D eigenvalue weighted by Gasteiger charge is -2.28. The molecule has 2 aliphatic rings. The van der Waals surface area contributed by atoms with Crippen LogP contribution < -0.4 is 16.0 Å². The molecule has 5 rings (SSSR count). The number of morpholine rings is 1. The Hall–Kier alpha value is -3.05. The lowest BCUT2D eigenvalue weighted by Crippen LogP contribution is -2.37. The van der Waals surface area contributed by atoms with Gasteiger partial charge in [-0.1, -0.05) is 0 Å². The van der Waals surface area contributed by atoms with Gasteiger partial charge in [0, 0.05) is 42.5 Å². The molecule has 1 saturated heterocycles. The normalized spacial score (nSPS) is 16.2. The molecule has 3 N–H and O–H groups in total. The number of urea groups is 1. The van der Waals surface area contributed by atoms with Crippen molar-refractivity contribution in [2.45, 2.75) is 20.0 Å². The number of aromatic nitrogens is 4. The number of nitrogens with one attached hydrogen (secondary N) is 1. The maximum absolute atomic E-state index is 12.3. The molecule has 0 aromatic carbocycles. The zero-order chi connectivity index (χ0) is 20.7. The molecule has 2 amide bonds. The topological polar surface area (TPSA) is 122 Å². The van der Waals surface area contributed by atoms with Crippen molar-refractivity contribution in [3.05, 3.63) is 22.8 Å². The van der Waals surface area contributed by atoms with E-state index in [0.717, 1.165) is 39.6 Å². The van der Waals surface area contributed by atoms with Gasteiger partial charge in [0.05, 0.1) is 42.1 Å². The highest BCUT2D eigenvalue weighted by Gasteiger charge is 2.30. The van der Waals surface area contributed by atoms with Crippen molar-refractivity contribution >= 4 is 39.4 Å². The van der Waals surface area contributed by atoms with E-state index in [2.05, 4.69) is 20.2 Å². The molecule has 0 atom stereocenters. The minimum atomic E-state index is -0.0522. The number of nitrogens with two attached hydrogens (primary N) is 1. The van der Waals surface area contributed by atoms with Crippen LogP contribution >= 0.6 is 11.3 Å². The van der Waals surface area contributed by atoms with Crippen molar-refractivity contribution in [3.8, 4) is 11.4 Å². The number of hydrogen-bond acceptors (Lipinski definition) is 9. The van der Waals surface area contributed by atoms with Gasteiger partial charge in [0.2, 0.25) is 5.95 Å². The number of nitrogen functional groups attached to an aromatic ring is 1. The van der Waals surface area contributed by atoms with Crippen LogP contribution in [0.4, 0.5) is 16.6 Å². The average Bonchev–Trinajstić information content (AvgIpc) is 3.33. The maximum Gasteiger partial charge on any atom is 0.318 e. The van der Waals surface area contributed by atoms with Gasteiger partial charge in [-0.15, -0.1) is 11.3 Å². The highest BCUT2D eigenvalue weighted by molar-refractivity contribution is 7.19. The zero-order valence-corrected chi connectivity index (χ0v) is 17.4. The quantitative estimate of drug-likeness (QED) is 0.648. The van der Waals surface area contributed by atoms with E-state index in [1.165, 1.54) is 0 Å². The summed E-state index contributed by atoms with van der Waals surface area (Å²) in [4.78, 5) is 35.4. The van der Waals surface area contributed by atoms with Crippen LogP contribution in [0.1, 0.15) is 17.4 Å². The number of fused-ring (bicyclic) bond motifs is 3. The predicted octanol–water partition coefficient (Wildman–Crippen LogP) is 1.61. The van der Waals surface area contributed by atoms with Gasteiger partial charge in [-0.3, -0.25) is 0 Å². The second-order valence-corrected chi connectivity index (χ2v) is 8.28. The molecule has 0 spiro atoms. The fraction of sp³-hybridized carbons (Fsp3) is 0.421. The summed E-state index contributed by atoms with van der Waals surface area (Å²) in [6.45, 7) is 6.54. The van der Waals surface area contributed by atoms with E-state index in [9.17, 15) is 4.79 Å². The minimum absolute atomic E-state index is 0.0522. The molecule has 3 aromatic rings. The number of carbonyl (C=O) groups excluding carboxylic acids is 1. The van der Waals surface area contributed by atoms with Crippen LogP contribution in [-0.4, -0.2) is 63.7 Å². The van der Waals surface area contributed by atoms with Gasteiger partial charge in [-0.05, 0) is 6.92 Å². The number of ether oxygens (including phenoxy) is 1. The summed E-state index contributed by atoms with van der Waals surface area (Å²) in [5.74, 6) is 1.67. The molecule has 156 valence electrons. The van der Waals surface area contributed by atoms with E-state index in [4.69, 9.17) is 20.4 Å². The molecule has 0 saturated carbocycles. The van der Waals surface area contributed by atoms with Crippen molar-refractivity contribution in [2.75, 3.05) is 43.5 Å². The van der Waals surface area contributed by atoms with Crippen molar-refractivity contribution < 1.29 is 9.53 Å². The number of anilines is 2. The van der Waals surface area contributed by atoms with E-state index < -0.39 is 0 Å². The Morgan fingerprint density at radius 2 is 2.00 bits per heavy atom. The minimum Gasteiger partial charge on any atom is -0.378 e. The number of carbonyl (C=O) groups is 1. The Morgan fingerprint density at radius 3 is 2.73 bits per heavy atom. The van der Waals surface area contributed by atoms with Crippen LogP contribution in [-0.2, 0) is 17.8 Å². The smallest absolute Gasteiger partial charge is 0.318 e. The van der Waals surface area contributed by atoms with Gasteiger partial charge in [0.1, 0.15) is 0 Å². The molecule has 30 heavy (non-hydrogen) atoms. The van der Waals surface area contributed by atoms with Crippen molar-refractivity contribution in [3.63, 3.8) is 0 Å². The summed E-state index contributed by atoms with van der Waals surface area (Å²) in [6, 6.07) is -0.0522. The van der Waals surface area contributed by atoms with Gasteiger partial charge in [0.25, 0.3) is 0 Å². The van der Waals surface area contributed by atoms with E-state index in [1.807, 2.05) is 11.8 Å². The molecular weight excluding hydrogens is 404 g/mol. The Morgan fingerprint density at radius 1 is 1.23 bits per heavy atom. The second kappa shape index (κ2) is 7.65. The molecule has 5 heterocycles. The third kappa shape index (κ3) is 3.29. The van der Waals surface area contributed by atoms with Crippen LogP contribution in [0.15, 0.2) is 12.4 Å².